The quantitative estimate of drug-likeness (QED) is 0.609. The molecular formula is C19H23N3O5. The van der Waals surface area contributed by atoms with E-state index in [9.17, 15) is 9.59 Å². The molecule has 0 radical (unpaired) electrons. The number of ether oxygens (including phenoxy) is 3. The van der Waals surface area contributed by atoms with Gasteiger partial charge in [0.15, 0.2) is 0 Å². The van der Waals surface area contributed by atoms with Gasteiger partial charge in [0.25, 0.3) is 11.8 Å². The van der Waals surface area contributed by atoms with Crippen LogP contribution in [0.25, 0.3) is 0 Å². The second-order valence-electron chi connectivity index (χ2n) is 5.49. The first kappa shape index (κ1) is 20.2. The van der Waals surface area contributed by atoms with E-state index in [1.54, 1.807) is 38.5 Å². The molecule has 8 heteroatoms. The molecule has 0 aliphatic heterocycles. The summed E-state index contributed by atoms with van der Waals surface area (Å²) in [6.07, 6.45) is 2.82. The van der Waals surface area contributed by atoms with Crippen molar-refractivity contribution in [1.82, 2.24) is 15.6 Å². The second kappa shape index (κ2) is 10.8. The van der Waals surface area contributed by atoms with E-state index < -0.39 is 0 Å². The van der Waals surface area contributed by atoms with E-state index in [-0.39, 0.29) is 11.8 Å². The lowest BCUT2D eigenvalue weighted by Crippen LogP contribution is -2.29. The Labute approximate surface area is 157 Å². The molecular weight excluding hydrogens is 350 g/mol. The largest absolute Gasteiger partial charge is 0.497 e. The Bertz CT molecular complexity index is 749. The van der Waals surface area contributed by atoms with Crippen molar-refractivity contribution in [2.24, 2.45) is 0 Å². The fraction of sp³-hybridized carbons (Fsp3) is 0.316. The normalized spacial score (nSPS) is 10.1. The molecule has 2 N–H and O–H groups in total. The second-order valence-corrected chi connectivity index (χ2v) is 5.49. The predicted octanol–water partition coefficient (Wildman–Crippen LogP) is 1.28. The summed E-state index contributed by atoms with van der Waals surface area (Å²) in [6.45, 7) is 1.42. The van der Waals surface area contributed by atoms with E-state index in [2.05, 4.69) is 15.6 Å². The third-order valence-electron chi connectivity index (χ3n) is 3.57. The Kier molecular flexibility index (Phi) is 8.05. The smallest absolute Gasteiger partial charge is 0.252 e. The van der Waals surface area contributed by atoms with Crippen LogP contribution in [0.4, 0.5) is 0 Å². The number of nitrogens with one attached hydrogen (secondary N) is 2. The highest BCUT2D eigenvalue weighted by molar-refractivity contribution is 5.99. The number of aromatic nitrogens is 1. The zero-order valence-corrected chi connectivity index (χ0v) is 15.4. The Hall–Kier alpha value is -3.13. The van der Waals surface area contributed by atoms with Gasteiger partial charge in [-0.15, -0.1) is 0 Å². The molecule has 27 heavy (non-hydrogen) atoms. The average Bonchev–Trinajstić information content (AvgIpc) is 2.71. The highest BCUT2D eigenvalue weighted by atomic mass is 16.5. The summed E-state index contributed by atoms with van der Waals surface area (Å²) in [7, 11) is 3.15. The Balaban J connectivity index is 1.79. The van der Waals surface area contributed by atoms with E-state index in [1.165, 1.54) is 18.5 Å². The van der Waals surface area contributed by atoms with Crippen molar-refractivity contribution >= 4 is 11.8 Å². The van der Waals surface area contributed by atoms with Gasteiger partial charge in [0.05, 0.1) is 31.4 Å². The lowest BCUT2D eigenvalue weighted by Gasteiger charge is -2.09. The fourth-order valence-electron chi connectivity index (χ4n) is 2.16. The Morgan fingerprint density at radius 3 is 2.00 bits per heavy atom. The van der Waals surface area contributed by atoms with Gasteiger partial charge in [-0.1, -0.05) is 0 Å². The predicted molar refractivity (Wildman–Crippen MR) is 99.3 cm³/mol. The molecule has 8 nitrogen and oxygen atoms in total. The number of hydrogen-bond donors (Lipinski definition) is 2. The van der Waals surface area contributed by atoms with Gasteiger partial charge in [-0.25, -0.2) is 0 Å². The number of carbonyl (C=O) groups is 2. The van der Waals surface area contributed by atoms with Gasteiger partial charge >= 0.3 is 0 Å². The summed E-state index contributed by atoms with van der Waals surface area (Å²) in [6, 6.07) is 8.66. The molecule has 2 amide bonds. The maximum atomic E-state index is 12.2. The number of rotatable bonds is 10. The fourth-order valence-corrected chi connectivity index (χ4v) is 2.16. The first-order valence-electron chi connectivity index (χ1n) is 8.41. The maximum absolute atomic E-state index is 12.2. The highest BCUT2D eigenvalue weighted by Crippen LogP contribution is 2.16. The molecule has 1 aromatic heterocycles. The van der Waals surface area contributed by atoms with Crippen molar-refractivity contribution in [1.29, 1.82) is 0 Å². The van der Waals surface area contributed by atoms with Crippen LogP contribution in [0.15, 0.2) is 42.7 Å². The summed E-state index contributed by atoms with van der Waals surface area (Å²) >= 11 is 0. The number of carbonyl (C=O) groups excluding carboxylic acids is 2. The molecule has 0 atom stereocenters. The SMILES string of the molecule is COCCNC(=O)c1cncc(C(=O)NCCOc2ccc(OC)cc2)c1. The van der Waals surface area contributed by atoms with E-state index in [4.69, 9.17) is 14.2 Å². The third-order valence-corrected chi connectivity index (χ3v) is 3.57. The molecule has 0 fully saturated rings. The van der Waals surface area contributed by atoms with Crippen LogP contribution in [0.5, 0.6) is 11.5 Å². The first-order chi connectivity index (χ1) is 13.1. The number of methoxy groups -OCH3 is 2. The monoisotopic (exact) mass is 373 g/mol. The van der Waals surface area contributed by atoms with Crippen molar-refractivity contribution in [2.45, 2.75) is 0 Å². The van der Waals surface area contributed by atoms with Crippen LogP contribution in [0.1, 0.15) is 20.7 Å². The number of amides is 2. The van der Waals surface area contributed by atoms with E-state index in [1.807, 2.05) is 0 Å². The van der Waals surface area contributed by atoms with Crippen molar-refractivity contribution in [3.8, 4) is 11.5 Å². The van der Waals surface area contributed by atoms with E-state index in [0.29, 0.717) is 43.2 Å². The van der Waals surface area contributed by atoms with Crippen LogP contribution < -0.4 is 20.1 Å². The number of benzene rings is 1. The van der Waals surface area contributed by atoms with Crippen LogP contribution in [0.3, 0.4) is 0 Å². The van der Waals surface area contributed by atoms with E-state index >= 15 is 0 Å². The first-order valence-corrected chi connectivity index (χ1v) is 8.41. The third kappa shape index (κ3) is 6.59. The van der Waals surface area contributed by atoms with Crippen molar-refractivity contribution in [3.05, 3.63) is 53.9 Å². The van der Waals surface area contributed by atoms with Crippen LogP contribution in [-0.2, 0) is 4.74 Å². The zero-order chi connectivity index (χ0) is 19.5. The molecule has 0 bridgehead atoms. The zero-order valence-electron chi connectivity index (χ0n) is 15.4. The summed E-state index contributed by atoms with van der Waals surface area (Å²) in [5.74, 6) is 0.792. The minimum atomic E-state index is -0.327. The molecule has 0 saturated carbocycles. The molecule has 2 aromatic rings. The van der Waals surface area contributed by atoms with E-state index in [0.717, 1.165) is 5.75 Å². The molecule has 0 saturated heterocycles. The minimum absolute atomic E-state index is 0.304. The van der Waals surface area contributed by atoms with Gasteiger partial charge in [-0.3, -0.25) is 14.6 Å². The van der Waals surface area contributed by atoms with Crippen LogP contribution in [-0.4, -0.2) is 57.3 Å². The van der Waals surface area contributed by atoms with Crippen LogP contribution in [0, 0.1) is 0 Å². The summed E-state index contributed by atoms with van der Waals surface area (Å²) in [4.78, 5) is 28.1. The topological polar surface area (TPSA) is 98.8 Å². The molecule has 0 aliphatic carbocycles. The van der Waals surface area contributed by atoms with Gasteiger partial charge in [0.2, 0.25) is 0 Å². The number of pyridine rings is 1. The Morgan fingerprint density at radius 1 is 0.889 bits per heavy atom. The molecule has 1 aromatic carbocycles. The van der Waals surface area contributed by atoms with Gasteiger partial charge in [0.1, 0.15) is 18.1 Å². The Morgan fingerprint density at radius 2 is 1.44 bits per heavy atom. The number of nitrogens with zero attached hydrogens (tertiary/aromatic N) is 1. The van der Waals surface area contributed by atoms with Crippen molar-refractivity contribution in [2.75, 3.05) is 40.5 Å². The summed E-state index contributed by atoms with van der Waals surface area (Å²) in [5, 5.41) is 5.41. The van der Waals surface area contributed by atoms with Crippen LogP contribution >= 0.6 is 0 Å². The van der Waals surface area contributed by atoms with Gasteiger partial charge in [-0.05, 0) is 30.3 Å². The highest BCUT2D eigenvalue weighted by Gasteiger charge is 2.11. The van der Waals surface area contributed by atoms with Crippen molar-refractivity contribution in [3.63, 3.8) is 0 Å². The van der Waals surface area contributed by atoms with Crippen LogP contribution in [0.2, 0.25) is 0 Å². The maximum Gasteiger partial charge on any atom is 0.252 e. The summed E-state index contributed by atoms with van der Waals surface area (Å²) < 4.78 is 15.5. The van der Waals surface area contributed by atoms with Gasteiger partial charge in [-0.2, -0.15) is 0 Å². The van der Waals surface area contributed by atoms with Crippen molar-refractivity contribution < 1.29 is 23.8 Å². The lowest BCUT2D eigenvalue weighted by molar-refractivity contribution is 0.0936. The lowest BCUT2D eigenvalue weighted by atomic mass is 10.2. The standard InChI is InChI=1S/C19H23N3O5/c1-25-9-7-21-18(23)14-11-15(13-20-12-14)19(24)22-8-10-27-17-5-3-16(26-2)4-6-17/h3-6,11-13H,7-10H2,1-2H3,(H,21,23)(H,22,24). The molecule has 2 rings (SSSR count). The average molecular weight is 373 g/mol. The van der Waals surface area contributed by atoms with Gasteiger partial charge < -0.3 is 24.8 Å². The van der Waals surface area contributed by atoms with Gasteiger partial charge in [0, 0.05) is 26.0 Å². The summed E-state index contributed by atoms with van der Waals surface area (Å²) in [5.41, 5.74) is 0.618. The molecule has 144 valence electrons. The molecule has 0 unspecified atom stereocenters. The molecule has 1 heterocycles. The molecule has 0 spiro atoms. The minimum Gasteiger partial charge on any atom is -0.497 e. The molecule has 0 aliphatic rings. The number of hydrogen-bond acceptors (Lipinski definition) is 6.